The molecule has 0 aliphatic heterocycles. The summed E-state index contributed by atoms with van der Waals surface area (Å²) in [4.78, 5) is 12.0. The highest BCUT2D eigenvalue weighted by Crippen LogP contribution is 2.19. The molecular formula is C13H16FN5OS. The number of rotatable bonds is 6. The molecule has 21 heavy (non-hydrogen) atoms. The van der Waals surface area contributed by atoms with Crippen LogP contribution in [0.4, 0.5) is 4.39 Å². The van der Waals surface area contributed by atoms with E-state index in [0.29, 0.717) is 18.1 Å². The number of tetrazole rings is 1. The zero-order chi connectivity index (χ0) is 15.2. The van der Waals surface area contributed by atoms with Gasteiger partial charge in [0.2, 0.25) is 11.1 Å². The van der Waals surface area contributed by atoms with Gasteiger partial charge >= 0.3 is 0 Å². The largest absolute Gasteiger partial charge is 0.355 e. The summed E-state index contributed by atoms with van der Waals surface area (Å²) in [7, 11) is 1.72. The van der Waals surface area contributed by atoms with Crippen LogP contribution in [0, 0.1) is 5.82 Å². The Morgan fingerprint density at radius 3 is 2.76 bits per heavy atom. The third-order valence-electron chi connectivity index (χ3n) is 2.86. The third-order valence-corrected chi connectivity index (χ3v) is 3.98. The van der Waals surface area contributed by atoms with Crippen molar-refractivity contribution in [2.75, 3.05) is 6.54 Å². The lowest BCUT2D eigenvalue weighted by Gasteiger charge is -2.10. The molecule has 0 saturated carbocycles. The second-order valence-electron chi connectivity index (χ2n) is 4.51. The highest BCUT2D eigenvalue weighted by atomic mass is 32.2. The Morgan fingerprint density at radius 1 is 1.43 bits per heavy atom. The molecule has 0 fully saturated rings. The number of nitrogens with one attached hydrogen (secondary N) is 1. The minimum Gasteiger partial charge on any atom is -0.355 e. The van der Waals surface area contributed by atoms with Gasteiger partial charge in [-0.05, 0) is 41.5 Å². The van der Waals surface area contributed by atoms with E-state index >= 15 is 0 Å². The molecule has 0 saturated heterocycles. The summed E-state index contributed by atoms with van der Waals surface area (Å²) in [5.41, 5.74) is 0.981. The van der Waals surface area contributed by atoms with Crippen molar-refractivity contribution in [2.45, 2.75) is 23.8 Å². The molecule has 0 unspecified atom stereocenters. The van der Waals surface area contributed by atoms with E-state index in [4.69, 9.17) is 0 Å². The van der Waals surface area contributed by atoms with E-state index in [2.05, 4.69) is 20.8 Å². The number of halogens is 1. The van der Waals surface area contributed by atoms with Crippen LogP contribution in [0.15, 0.2) is 29.4 Å². The van der Waals surface area contributed by atoms with Gasteiger partial charge in [0, 0.05) is 13.6 Å². The Morgan fingerprint density at radius 2 is 2.14 bits per heavy atom. The Kier molecular flexibility index (Phi) is 5.26. The average Bonchev–Trinajstić information content (AvgIpc) is 2.86. The Labute approximate surface area is 126 Å². The molecule has 6 nitrogen and oxygen atoms in total. The van der Waals surface area contributed by atoms with Crippen LogP contribution < -0.4 is 5.32 Å². The molecule has 1 N–H and O–H groups in total. The summed E-state index contributed by atoms with van der Waals surface area (Å²) in [6.07, 6.45) is 0.662. The van der Waals surface area contributed by atoms with Crippen LogP contribution >= 0.6 is 11.8 Å². The van der Waals surface area contributed by atoms with Crippen LogP contribution in [0.2, 0.25) is 0 Å². The van der Waals surface area contributed by atoms with E-state index in [0.717, 1.165) is 5.56 Å². The van der Waals surface area contributed by atoms with Crippen molar-refractivity contribution in [3.8, 4) is 0 Å². The second-order valence-corrected chi connectivity index (χ2v) is 5.82. The van der Waals surface area contributed by atoms with E-state index in [1.807, 2.05) is 0 Å². The van der Waals surface area contributed by atoms with E-state index in [1.165, 1.54) is 28.6 Å². The molecule has 0 spiro atoms. The molecule has 1 amide bonds. The number of nitrogens with zero attached hydrogens (tertiary/aromatic N) is 4. The number of hydrogen-bond acceptors (Lipinski definition) is 5. The minimum absolute atomic E-state index is 0.0786. The average molecular weight is 309 g/mol. The fourth-order valence-electron chi connectivity index (χ4n) is 1.66. The lowest BCUT2D eigenvalue weighted by Crippen LogP contribution is -2.32. The first kappa shape index (κ1) is 15.4. The number of hydrogen-bond donors (Lipinski definition) is 1. The number of carbonyl (C=O) groups is 1. The van der Waals surface area contributed by atoms with Crippen LogP contribution in [0.25, 0.3) is 0 Å². The van der Waals surface area contributed by atoms with Gasteiger partial charge in [-0.2, -0.15) is 0 Å². The molecule has 112 valence electrons. The summed E-state index contributed by atoms with van der Waals surface area (Å²) in [6.45, 7) is 2.30. The van der Waals surface area contributed by atoms with Gasteiger partial charge in [0.15, 0.2) is 0 Å². The molecule has 0 aliphatic rings. The molecule has 8 heteroatoms. The molecule has 1 aromatic heterocycles. The maximum atomic E-state index is 12.8. The number of thioether (sulfide) groups is 1. The van der Waals surface area contributed by atoms with E-state index in [1.54, 1.807) is 26.1 Å². The van der Waals surface area contributed by atoms with Gasteiger partial charge in [0.05, 0.1) is 5.25 Å². The molecule has 0 aliphatic carbocycles. The molecule has 1 heterocycles. The van der Waals surface area contributed by atoms with E-state index < -0.39 is 0 Å². The van der Waals surface area contributed by atoms with Crippen LogP contribution in [-0.4, -0.2) is 37.9 Å². The van der Waals surface area contributed by atoms with Crippen molar-refractivity contribution in [1.29, 1.82) is 0 Å². The van der Waals surface area contributed by atoms with Crippen molar-refractivity contribution in [3.63, 3.8) is 0 Å². The molecule has 0 bridgehead atoms. The van der Waals surface area contributed by atoms with Crippen LogP contribution in [-0.2, 0) is 18.3 Å². The quantitative estimate of drug-likeness (QED) is 0.812. The highest BCUT2D eigenvalue weighted by molar-refractivity contribution is 8.00. The van der Waals surface area contributed by atoms with Gasteiger partial charge in [-0.15, -0.1) is 5.10 Å². The van der Waals surface area contributed by atoms with Crippen molar-refractivity contribution < 1.29 is 9.18 Å². The van der Waals surface area contributed by atoms with Gasteiger partial charge in [0.25, 0.3) is 0 Å². The van der Waals surface area contributed by atoms with Crippen LogP contribution in [0.5, 0.6) is 0 Å². The molecule has 2 rings (SSSR count). The third kappa shape index (κ3) is 4.52. The number of aromatic nitrogens is 4. The number of aryl methyl sites for hydroxylation is 1. The Balaban J connectivity index is 1.76. The van der Waals surface area contributed by atoms with Crippen molar-refractivity contribution >= 4 is 17.7 Å². The van der Waals surface area contributed by atoms with E-state index in [-0.39, 0.29) is 17.0 Å². The van der Waals surface area contributed by atoms with Crippen LogP contribution in [0.1, 0.15) is 12.5 Å². The molecule has 2 aromatic rings. The fraction of sp³-hybridized carbons (Fsp3) is 0.385. The summed E-state index contributed by atoms with van der Waals surface area (Å²) >= 11 is 1.30. The zero-order valence-corrected chi connectivity index (χ0v) is 12.6. The fourth-order valence-corrected chi connectivity index (χ4v) is 2.44. The van der Waals surface area contributed by atoms with Crippen molar-refractivity contribution in [2.24, 2.45) is 7.05 Å². The standard InChI is InChI=1S/C13H16FN5OS/c1-9(21-13-16-17-18-19(13)2)12(20)15-8-7-10-3-5-11(14)6-4-10/h3-6,9H,7-8H2,1-2H3,(H,15,20)/t9-/m1/s1. The smallest absolute Gasteiger partial charge is 0.233 e. The predicted molar refractivity (Wildman–Crippen MR) is 77.2 cm³/mol. The molecular weight excluding hydrogens is 293 g/mol. The maximum absolute atomic E-state index is 12.8. The maximum Gasteiger partial charge on any atom is 0.233 e. The number of benzene rings is 1. The van der Waals surface area contributed by atoms with Gasteiger partial charge in [-0.1, -0.05) is 23.9 Å². The topological polar surface area (TPSA) is 72.7 Å². The zero-order valence-electron chi connectivity index (χ0n) is 11.8. The van der Waals surface area contributed by atoms with Gasteiger partial charge < -0.3 is 5.32 Å². The number of amides is 1. The van der Waals surface area contributed by atoms with Gasteiger partial charge in [-0.25, -0.2) is 9.07 Å². The molecule has 1 atom stereocenters. The Hall–Kier alpha value is -1.96. The Bertz CT molecular complexity index is 601. The molecule has 1 aromatic carbocycles. The minimum atomic E-state index is -0.289. The first-order chi connectivity index (χ1) is 10.1. The van der Waals surface area contributed by atoms with Gasteiger partial charge in [-0.3, -0.25) is 4.79 Å². The van der Waals surface area contributed by atoms with Crippen LogP contribution in [0.3, 0.4) is 0 Å². The van der Waals surface area contributed by atoms with Crippen molar-refractivity contribution in [1.82, 2.24) is 25.5 Å². The SMILES string of the molecule is C[C@@H](Sc1nnnn1C)C(=O)NCCc1ccc(F)cc1. The lowest BCUT2D eigenvalue weighted by molar-refractivity contribution is -0.120. The monoisotopic (exact) mass is 309 g/mol. The first-order valence-electron chi connectivity index (χ1n) is 6.47. The van der Waals surface area contributed by atoms with E-state index in [9.17, 15) is 9.18 Å². The summed E-state index contributed by atoms with van der Waals surface area (Å²) < 4.78 is 14.3. The van der Waals surface area contributed by atoms with Crippen molar-refractivity contribution in [3.05, 3.63) is 35.6 Å². The number of carbonyl (C=O) groups excluding carboxylic acids is 1. The summed E-state index contributed by atoms with van der Waals surface area (Å²) in [6, 6.07) is 6.25. The van der Waals surface area contributed by atoms with Gasteiger partial charge in [0.1, 0.15) is 5.82 Å². The first-order valence-corrected chi connectivity index (χ1v) is 7.35. The normalized spacial score (nSPS) is 12.1. The lowest BCUT2D eigenvalue weighted by atomic mass is 10.1. The summed E-state index contributed by atoms with van der Waals surface area (Å²) in [5.74, 6) is -0.338. The second kappa shape index (κ2) is 7.16. The highest BCUT2D eigenvalue weighted by Gasteiger charge is 2.16. The molecule has 0 radical (unpaired) electrons. The predicted octanol–water partition coefficient (Wildman–Crippen LogP) is 1.19. The summed E-state index contributed by atoms with van der Waals surface area (Å²) in [5, 5.41) is 14.2.